The van der Waals surface area contributed by atoms with Gasteiger partial charge in [0.1, 0.15) is 0 Å². The van der Waals surface area contributed by atoms with Crippen molar-refractivity contribution < 1.29 is 23.9 Å². The van der Waals surface area contributed by atoms with Crippen molar-refractivity contribution in [3.05, 3.63) is 42.5 Å². The largest absolute Gasteiger partial charge is 0.456 e. The lowest BCUT2D eigenvalue weighted by Crippen LogP contribution is -2.50. The summed E-state index contributed by atoms with van der Waals surface area (Å²) in [7, 11) is 0. The highest BCUT2D eigenvalue weighted by molar-refractivity contribution is 6.05. The fraction of sp³-hybridized carbons (Fsp3) is 0.478. The third-order valence-corrected chi connectivity index (χ3v) is 6.25. The molecule has 0 aromatic heterocycles. The summed E-state index contributed by atoms with van der Waals surface area (Å²) in [6.45, 7) is 2.27. The highest BCUT2D eigenvalue weighted by Crippen LogP contribution is 2.35. The fourth-order valence-electron chi connectivity index (χ4n) is 4.45. The lowest BCUT2D eigenvalue weighted by atomic mass is 9.85. The van der Waals surface area contributed by atoms with Crippen molar-refractivity contribution in [1.29, 1.82) is 0 Å². The molecule has 0 saturated carbocycles. The summed E-state index contributed by atoms with van der Waals surface area (Å²) in [6.07, 6.45) is 4.90. The molecule has 164 valence electrons. The predicted octanol–water partition coefficient (Wildman–Crippen LogP) is 1.22. The molecule has 2 fully saturated rings. The van der Waals surface area contributed by atoms with E-state index < -0.39 is 5.97 Å². The van der Waals surface area contributed by atoms with E-state index in [0.29, 0.717) is 25.9 Å². The van der Waals surface area contributed by atoms with E-state index in [1.807, 2.05) is 42.5 Å². The fourth-order valence-corrected chi connectivity index (χ4v) is 4.45. The molecule has 1 aromatic rings. The third-order valence-electron chi connectivity index (χ3n) is 6.25. The summed E-state index contributed by atoms with van der Waals surface area (Å²) in [5.41, 5.74) is 1.13. The molecule has 2 atom stereocenters. The number of para-hydroxylation sites is 1. The monoisotopic (exact) mass is 425 g/mol. The van der Waals surface area contributed by atoms with Crippen molar-refractivity contribution in [2.24, 2.45) is 11.8 Å². The molecule has 31 heavy (non-hydrogen) atoms. The van der Waals surface area contributed by atoms with Gasteiger partial charge in [-0.05, 0) is 25.0 Å². The van der Waals surface area contributed by atoms with Gasteiger partial charge in [0.2, 0.25) is 11.8 Å². The van der Waals surface area contributed by atoms with Gasteiger partial charge in [-0.1, -0.05) is 30.4 Å². The number of hydrogen-bond donors (Lipinski definition) is 0. The Morgan fingerprint density at radius 1 is 0.903 bits per heavy atom. The molecule has 4 rings (SSSR count). The van der Waals surface area contributed by atoms with Crippen LogP contribution >= 0.6 is 0 Å². The molecule has 0 radical (unpaired) electrons. The SMILES string of the molecule is O=C(CCN1C(=O)[C@H]2CC=CC[C@H]2C1=O)OCC(=O)N1CCN(c2ccccc2)CC1. The first-order valence-electron chi connectivity index (χ1n) is 10.8. The molecule has 1 aliphatic carbocycles. The molecule has 3 aliphatic rings. The maximum absolute atomic E-state index is 12.4. The van der Waals surface area contributed by atoms with E-state index in [2.05, 4.69) is 4.90 Å². The van der Waals surface area contributed by atoms with Gasteiger partial charge in [-0.2, -0.15) is 0 Å². The zero-order valence-corrected chi connectivity index (χ0v) is 17.4. The number of nitrogens with zero attached hydrogens (tertiary/aromatic N) is 3. The van der Waals surface area contributed by atoms with E-state index in [9.17, 15) is 19.2 Å². The summed E-state index contributed by atoms with van der Waals surface area (Å²) in [5.74, 6) is -1.83. The number of anilines is 1. The minimum atomic E-state index is -0.579. The lowest BCUT2D eigenvalue weighted by molar-refractivity contribution is -0.153. The molecule has 0 spiro atoms. The van der Waals surface area contributed by atoms with Crippen LogP contribution < -0.4 is 4.90 Å². The highest BCUT2D eigenvalue weighted by Gasteiger charge is 2.46. The summed E-state index contributed by atoms with van der Waals surface area (Å²) in [6, 6.07) is 10.0. The Labute approximate surface area is 181 Å². The van der Waals surface area contributed by atoms with E-state index in [0.717, 1.165) is 18.8 Å². The molecule has 0 bridgehead atoms. The highest BCUT2D eigenvalue weighted by atomic mass is 16.5. The molecular formula is C23H27N3O5. The average molecular weight is 425 g/mol. The smallest absolute Gasteiger partial charge is 0.308 e. The number of likely N-dealkylation sites (tertiary alicyclic amines) is 1. The van der Waals surface area contributed by atoms with Gasteiger partial charge in [-0.25, -0.2) is 0 Å². The van der Waals surface area contributed by atoms with E-state index in [-0.39, 0.29) is 49.1 Å². The van der Waals surface area contributed by atoms with Crippen LogP contribution in [0.4, 0.5) is 5.69 Å². The third kappa shape index (κ3) is 4.62. The quantitative estimate of drug-likeness (QED) is 0.387. The van der Waals surface area contributed by atoms with Crippen LogP contribution in [0.2, 0.25) is 0 Å². The second-order valence-electron chi connectivity index (χ2n) is 8.10. The zero-order valence-electron chi connectivity index (χ0n) is 17.4. The maximum atomic E-state index is 12.4. The first kappa shape index (κ1) is 21.1. The van der Waals surface area contributed by atoms with Crippen LogP contribution in [0.3, 0.4) is 0 Å². The standard InChI is InChI=1S/C23H27N3O5/c27-20(25-14-12-24(13-15-25)17-6-2-1-3-7-17)16-31-21(28)10-11-26-22(29)18-8-4-5-9-19(18)23(26)30/h1-7,18-19H,8-16H2/t18-,19+. The van der Waals surface area contributed by atoms with Crippen LogP contribution in [0, 0.1) is 11.8 Å². The van der Waals surface area contributed by atoms with E-state index >= 15 is 0 Å². The number of benzene rings is 1. The molecule has 8 nitrogen and oxygen atoms in total. The molecule has 0 unspecified atom stereocenters. The summed E-state index contributed by atoms with van der Waals surface area (Å²) < 4.78 is 5.11. The van der Waals surface area contributed by atoms with Gasteiger partial charge in [-0.3, -0.25) is 24.1 Å². The Kier molecular flexibility index (Phi) is 6.34. The van der Waals surface area contributed by atoms with Gasteiger partial charge in [0.05, 0.1) is 18.3 Å². The lowest BCUT2D eigenvalue weighted by Gasteiger charge is -2.36. The second-order valence-corrected chi connectivity index (χ2v) is 8.10. The van der Waals surface area contributed by atoms with Gasteiger partial charge < -0.3 is 14.5 Å². The number of esters is 1. The number of carbonyl (C=O) groups is 4. The van der Waals surface area contributed by atoms with Gasteiger partial charge in [0, 0.05) is 38.4 Å². The molecule has 3 amide bonds. The van der Waals surface area contributed by atoms with E-state index in [1.54, 1.807) is 4.90 Å². The van der Waals surface area contributed by atoms with Crippen molar-refractivity contribution in [3.63, 3.8) is 0 Å². The Hall–Kier alpha value is -3.16. The number of imide groups is 1. The Balaban J connectivity index is 1.18. The van der Waals surface area contributed by atoms with E-state index in [4.69, 9.17) is 4.74 Å². The van der Waals surface area contributed by atoms with Gasteiger partial charge in [0.25, 0.3) is 5.91 Å². The van der Waals surface area contributed by atoms with Crippen LogP contribution in [0.25, 0.3) is 0 Å². The molecule has 0 N–H and O–H groups in total. The number of fused-ring (bicyclic) bond motifs is 1. The number of piperazine rings is 1. The van der Waals surface area contributed by atoms with Crippen molar-refractivity contribution in [2.75, 3.05) is 44.2 Å². The first-order valence-corrected chi connectivity index (χ1v) is 10.8. The topological polar surface area (TPSA) is 87.2 Å². The number of hydrogen-bond acceptors (Lipinski definition) is 6. The number of rotatable bonds is 6. The molecule has 8 heteroatoms. The number of amides is 3. The summed E-state index contributed by atoms with van der Waals surface area (Å²) in [5, 5.41) is 0. The van der Waals surface area contributed by atoms with Crippen molar-refractivity contribution >= 4 is 29.4 Å². The molecule has 2 heterocycles. The van der Waals surface area contributed by atoms with Crippen LogP contribution in [0.5, 0.6) is 0 Å². The van der Waals surface area contributed by atoms with Gasteiger partial charge >= 0.3 is 5.97 Å². The van der Waals surface area contributed by atoms with Crippen molar-refractivity contribution in [2.45, 2.75) is 19.3 Å². The van der Waals surface area contributed by atoms with Crippen LogP contribution in [0.1, 0.15) is 19.3 Å². The van der Waals surface area contributed by atoms with Crippen LogP contribution in [-0.2, 0) is 23.9 Å². The molecule has 2 aliphatic heterocycles. The maximum Gasteiger partial charge on any atom is 0.308 e. The van der Waals surface area contributed by atoms with Crippen LogP contribution in [0.15, 0.2) is 42.5 Å². The van der Waals surface area contributed by atoms with E-state index in [1.165, 1.54) is 4.90 Å². The van der Waals surface area contributed by atoms with Crippen LogP contribution in [-0.4, -0.2) is 72.8 Å². The predicted molar refractivity (Wildman–Crippen MR) is 113 cm³/mol. The number of allylic oxidation sites excluding steroid dienone is 2. The Morgan fingerprint density at radius 3 is 2.13 bits per heavy atom. The molecule has 2 saturated heterocycles. The molecular weight excluding hydrogens is 398 g/mol. The zero-order chi connectivity index (χ0) is 21.8. The summed E-state index contributed by atoms with van der Waals surface area (Å²) >= 11 is 0. The minimum absolute atomic E-state index is 0.00738. The number of carbonyl (C=O) groups excluding carboxylic acids is 4. The van der Waals surface area contributed by atoms with Gasteiger partial charge in [-0.15, -0.1) is 0 Å². The second kappa shape index (κ2) is 9.32. The average Bonchev–Trinajstić information content (AvgIpc) is 3.06. The van der Waals surface area contributed by atoms with Crippen molar-refractivity contribution in [1.82, 2.24) is 9.80 Å². The minimum Gasteiger partial charge on any atom is -0.456 e. The first-order chi connectivity index (χ1) is 15.0. The van der Waals surface area contributed by atoms with Crippen molar-refractivity contribution in [3.8, 4) is 0 Å². The number of ether oxygens (including phenoxy) is 1. The Bertz CT molecular complexity index is 850. The molecule has 1 aromatic carbocycles. The van der Waals surface area contributed by atoms with Gasteiger partial charge in [0.15, 0.2) is 6.61 Å². The normalized spacial score (nSPS) is 23.2. The Morgan fingerprint density at radius 2 is 1.52 bits per heavy atom. The summed E-state index contributed by atoms with van der Waals surface area (Å²) in [4.78, 5) is 54.4.